The van der Waals surface area contributed by atoms with Gasteiger partial charge in [-0.05, 0) is 65.0 Å². The third kappa shape index (κ3) is 2.37. The van der Waals surface area contributed by atoms with Crippen molar-refractivity contribution in [2.75, 3.05) is 0 Å². The minimum absolute atomic E-state index is 1.01. The second kappa shape index (κ2) is 6.93. The van der Waals surface area contributed by atoms with Crippen molar-refractivity contribution in [3.8, 4) is 21.9 Å². The number of benzene rings is 6. The molecule has 0 amide bonds. The number of hydrogen-bond acceptors (Lipinski definition) is 2. The SMILES string of the molecule is c1ccc(-n2c3cccc4c3c3c5c(ccc32)ccc2c5c3c-4cccc3n2-c2nc3ccccc3s2)cc1. The first kappa shape index (κ1) is 20.1. The second-order valence-corrected chi connectivity index (χ2v) is 11.4. The van der Waals surface area contributed by atoms with E-state index < -0.39 is 0 Å². The minimum atomic E-state index is 1.01. The first-order chi connectivity index (χ1) is 19.4. The van der Waals surface area contributed by atoms with Crippen LogP contribution in [0.5, 0.6) is 0 Å². The quantitative estimate of drug-likeness (QED) is 0.226. The van der Waals surface area contributed by atoms with E-state index in [0.29, 0.717) is 0 Å². The summed E-state index contributed by atoms with van der Waals surface area (Å²) in [5.41, 5.74) is 9.74. The molecule has 4 heteroatoms. The Labute approximate surface area is 226 Å². The van der Waals surface area contributed by atoms with Crippen molar-refractivity contribution in [1.82, 2.24) is 14.1 Å². The maximum absolute atomic E-state index is 5.10. The summed E-state index contributed by atoms with van der Waals surface area (Å²) in [4.78, 5) is 5.10. The van der Waals surface area contributed by atoms with Crippen molar-refractivity contribution in [3.05, 3.63) is 115 Å². The molecule has 0 unspecified atom stereocenters. The third-order valence-electron chi connectivity index (χ3n) is 8.47. The smallest absolute Gasteiger partial charge is 0.195 e. The van der Waals surface area contributed by atoms with Gasteiger partial charge in [-0.15, -0.1) is 0 Å². The molecule has 0 saturated carbocycles. The molecule has 3 heterocycles. The van der Waals surface area contributed by atoms with Crippen LogP contribution in [-0.2, 0) is 0 Å². The normalized spacial score (nSPS) is 12.6. The van der Waals surface area contributed by atoms with Gasteiger partial charge in [-0.2, -0.15) is 0 Å². The van der Waals surface area contributed by atoms with Gasteiger partial charge in [0.2, 0.25) is 0 Å². The maximum Gasteiger partial charge on any atom is 0.195 e. The molecule has 39 heavy (non-hydrogen) atoms. The molecular formula is C35H19N3S. The molecule has 0 radical (unpaired) electrons. The summed E-state index contributed by atoms with van der Waals surface area (Å²) in [6.07, 6.45) is 0. The van der Waals surface area contributed by atoms with Crippen LogP contribution < -0.4 is 0 Å². The lowest BCUT2D eigenvalue weighted by Gasteiger charge is -2.10. The molecule has 0 atom stereocenters. The fourth-order valence-corrected chi connectivity index (χ4v) is 7.97. The summed E-state index contributed by atoms with van der Waals surface area (Å²) in [5.74, 6) is 0. The average molecular weight is 514 g/mol. The summed E-state index contributed by atoms with van der Waals surface area (Å²) >= 11 is 1.76. The average Bonchev–Trinajstić information content (AvgIpc) is 3.64. The highest BCUT2D eigenvalue weighted by Crippen LogP contribution is 2.51. The molecule has 6 aromatic carbocycles. The molecule has 0 N–H and O–H groups in total. The van der Waals surface area contributed by atoms with E-state index in [1.807, 2.05) is 0 Å². The minimum Gasteiger partial charge on any atom is -0.309 e. The molecular weight excluding hydrogens is 494 g/mol. The number of aromatic nitrogens is 3. The van der Waals surface area contributed by atoms with Crippen LogP contribution in [0.2, 0.25) is 0 Å². The predicted molar refractivity (Wildman–Crippen MR) is 165 cm³/mol. The monoisotopic (exact) mass is 513 g/mol. The molecule has 180 valence electrons. The summed E-state index contributed by atoms with van der Waals surface area (Å²) < 4.78 is 6.03. The molecule has 3 nitrogen and oxygen atoms in total. The van der Waals surface area contributed by atoms with Crippen LogP contribution in [0.1, 0.15) is 0 Å². The first-order valence-electron chi connectivity index (χ1n) is 13.2. The molecule has 0 bridgehead atoms. The van der Waals surface area contributed by atoms with Crippen molar-refractivity contribution >= 4 is 75.9 Å². The van der Waals surface area contributed by atoms with Gasteiger partial charge in [0, 0.05) is 32.6 Å². The lowest BCUT2D eigenvalue weighted by atomic mass is 9.98. The van der Waals surface area contributed by atoms with Crippen molar-refractivity contribution < 1.29 is 0 Å². The van der Waals surface area contributed by atoms with Gasteiger partial charge in [0.1, 0.15) is 0 Å². The summed E-state index contributed by atoms with van der Waals surface area (Å²) in [6.45, 7) is 0. The Balaban J connectivity index is 1.49. The van der Waals surface area contributed by atoms with E-state index in [0.717, 1.165) is 10.6 Å². The van der Waals surface area contributed by atoms with Crippen molar-refractivity contribution in [2.45, 2.75) is 0 Å². The molecule has 10 rings (SSSR count). The third-order valence-corrected chi connectivity index (χ3v) is 9.49. The first-order valence-corrected chi connectivity index (χ1v) is 14.1. The lowest BCUT2D eigenvalue weighted by Crippen LogP contribution is -1.93. The van der Waals surface area contributed by atoms with E-state index in [1.54, 1.807) is 11.3 Å². The Morgan fingerprint density at radius 1 is 0.462 bits per heavy atom. The van der Waals surface area contributed by atoms with Gasteiger partial charge >= 0.3 is 0 Å². The van der Waals surface area contributed by atoms with Crippen molar-refractivity contribution in [1.29, 1.82) is 0 Å². The van der Waals surface area contributed by atoms with E-state index in [9.17, 15) is 0 Å². The Morgan fingerprint density at radius 2 is 1.08 bits per heavy atom. The molecule has 0 fully saturated rings. The topological polar surface area (TPSA) is 22.8 Å². The van der Waals surface area contributed by atoms with E-state index in [-0.39, 0.29) is 0 Å². The van der Waals surface area contributed by atoms with Crippen LogP contribution >= 0.6 is 11.3 Å². The number of nitrogens with zero attached hydrogens (tertiary/aromatic N) is 3. The van der Waals surface area contributed by atoms with Crippen LogP contribution in [-0.4, -0.2) is 14.1 Å². The number of rotatable bonds is 2. The molecule has 0 saturated heterocycles. The van der Waals surface area contributed by atoms with Gasteiger partial charge in [-0.1, -0.05) is 78.1 Å². The van der Waals surface area contributed by atoms with Crippen LogP contribution in [0, 0.1) is 0 Å². The zero-order valence-electron chi connectivity index (χ0n) is 20.7. The molecule has 0 spiro atoms. The standard InChI is InChI=1S/C35H19N3S/c1-2-8-21(9-3-1)37-25-13-6-10-22-23-11-7-14-26-32(23)34-28(38(26)35-36-24-12-4-5-15-29(24)39-35)19-17-20-16-18-27(37)33(30(20)34)31(22)25/h1-19H. The fraction of sp³-hybridized carbons (Fsp3) is 0. The van der Waals surface area contributed by atoms with E-state index in [1.165, 1.54) is 75.9 Å². The Bertz CT molecular complexity index is 2460. The highest BCUT2D eigenvalue weighted by molar-refractivity contribution is 7.20. The number of thiazole rings is 1. The number of fused-ring (bicyclic) bond motifs is 2. The van der Waals surface area contributed by atoms with Crippen LogP contribution in [0.25, 0.3) is 86.5 Å². The van der Waals surface area contributed by atoms with E-state index >= 15 is 0 Å². The summed E-state index contributed by atoms with van der Waals surface area (Å²) in [5, 5.41) is 8.95. The van der Waals surface area contributed by atoms with Gasteiger partial charge in [0.15, 0.2) is 5.13 Å². The van der Waals surface area contributed by atoms with Gasteiger partial charge in [0.25, 0.3) is 0 Å². The van der Waals surface area contributed by atoms with Crippen LogP contribution in [0.15, 0.2) is 115 Å². The molecule has 1 aliphatic carbocycles. The summed E-state index contributed by atoms with van der Waals surface area (Å²) in [7, 11) is 0. The van der Waals surface area contributed by atoms with Gasteiger partial charge < -0.3 is 4.57 Å². The molecule has 0 aliphatic heterocycles. The Hall–Kier alpha value is -4.93. The predicted octanol–water partition coefficient (Wildman–Crippen LogP) is 9.62. The van der Waals surface area contributed by atoms with Gasteiger partial charge in [-0.3, -0.25) is 4.57 Å². The second-order valence-electron chi connectivity index (χ2n) is 10.4. The Kier molecular flexibility index (Phi) is 3.57. The highest BCUT2D eigenvalue weighted by atomic mass is 32.1. The van der Waals surface area contributed by atoms with Crippen molar-refractivity contribution in [3.63, 3.8) is 0 Å². The van der Waals surface area contributed by atoms with Crippen LogP contribution in [0.3, 0.4) is 0 Å². The number of para-hydroxylation sites is 2. The van der Waals surface area contributed by atoms with Crippen LogP contribution in [0.4, 0.5) is 0 Å². The summed E-state index contributed by atoms with van der Waals surface area (Å²) in [6, 6.07) is 41.9. The highest BCUT2D eigenvalue weighted by Gasteiger charge is 2.27. The lowest BCUT2D eigenvalue weighted by molar-refractivity contribution is 1.15. The number of hydrogen-bond donors (Lipinski definition) is 0. The van der Waals surface area contributed by atoms with Gasteiger partial charge in [0.05, 0.1) is 32.3 Å². The van der Waals surface area contributed by atoms with E-state index in [2.05, 4.69) is 124 Å². The Morgan fingerprint density at radius 3 is 1.79 bits per heavy atom. The zero-order chi connectivity index (χ0) is 25.2. The fourth-order valence-electron chi connectivity index (χ4n) is 6.98. The zero-order valence-corrected chi connectivity index (χ0v) is 21.5. The largest absolute Gasteiger partial charge is 0.309 e. The molecule has 1 aliphatic rings. The van der Waals surface area contributed by atoms with Gasteiger partial charge in [-0.25, -0.2) is 4.98 Å². The molecule has 3 aromatic heterocycles. The maximum atomic E-state index is 5.10. The van der Waals surface area contributed by atoms with E-state index in [4.69, 9.17) is 4.98 Å². The molecule has 9 aromatic rings. The van der Waals surface area contributed by atoms with Crippen molar-refractivity contribution in [2.24, 2.45) is 0 Å².